The van der Waals surface area contributed by atoms with Crippen LogP contribution in [0.4, 0.5) is 22.9 Å². The molecule has 6 aromatic rings. The molecular formula is C36H27N3O. The fraction of sp³-hybridized carbons (Fsp3) is 0.139. The fourth-order valence-electron chi connectivity index (χ4n) is 7.82. The quantitative estimate of drug-likeness (QED) is 0.214. The Morgan fingerprint density at radius 3 is 2.35 bits per heavy atom. The first kappa shape index (κ1) is 22.0. The summed E-state index contributed by atoms with van der Waals surface area (Å²) in [5.74, 6) is 0.985. The van der Waals surface area contributed by atoms with Crippen LogP contribution in [0.5, 0.6) is 0 Å². The van der Waals surface area contributed by atoms with Gasteiger partial charge in [-0.2, -0.15) is 0 Å². The Hall–Kier alpha value is -4.83. The van der Waals surface area contributed by atoms with Crippen molar-refractivity contribution < 1.29 is 4.42 Å². The lowest BCUT2D eigenvalue weighted by molar-refractivity contribution is 0.377. The van der Waals surface area contributed by atoms with Gasteiger partial charge in [0.05, 0.1) is 11.4 Å². The highest BCUT2D eigenvalue weighted by atomic mass is 16.3. The molecule has 0 radical (unpaired) electrons. The fourth-order valence-corrected chi connectivity index (χ4v) is 7.82. The summed E-state index contributed by atoms with van der Waals surface area (Å²) in [5, 5.41) is 2.27. The van der Waals surface area contributed by atoms with Gasteiger partial charge in [0.25, 0.3) is 0 Å². The van der Waals surface area contributed by atoms with Crippen LogP contribution in [0.3, 0.4) is 0 Å². The number of aromatic nitrogens is 1. The molecule has 2 aliphatic heterocycles. The Kier molecular flexibility index (Phi) is 3.98. The molecule has 192 valence electrons. The van der Waals surface area contributed by atoms with Gasteiger partial charge < -0.3 is 14.2 Å². The second kappa shape index (κ2) is 7.22. The number of benzene rings is 4. The van der Waals surface area contributed by atoms with Crippen LogP contribution in [0.2, 0.25) is 0 Å². The van der Waals surface area contributed by atoms with E-state index in [9.17, 15) is 0 Å². The van der Waals surface area contributed by atoms with Crippen LogP contribution in [-0.2, 0) is 5.41 Å². The minimum atomic E-state index is -0.177. The molecule has 0 spiro atoms. The maximum Gasteiger partial charge on any atom is 0.158 e. The van der Waals surface area contributed by atoms with Gasteiger partial charge in [-0.15, -0.1) is 0 Å². The molecule has 3 aliphatic rings. The zero-order chi connectivity index (χ0) is 26.8. The van der Waals surface area contributed by atoms with Crippen molar-refractivity contribution in [1.29, 1.82) is 0 Å². The van der Waals surface area contributed by atoms with E-state index in [-0.39, 0.29) is 17.0 Å². The molecule has 4 heterocycles. The van der Waals surface area contributed by atoms with Crippen LogP contribution in [-0.4, -0.2) is 11.1 Å². The summed E-state index contributed by atoms with van der Waals surface area (Å²) >= 11 is 0. The van der Waals surface area contributed by atoms with Crippen molar-refractivity contribution in [3.63, 3.8) is 0 Å². The largest absolute Gasteiger partial charge is 0.456 e. The predicted molar refractivity (Wildman–Crippen MR) is 162 cm³/mol. The molecule has 4 nitrogen and oxygen atoms in total. The van der Waals surface area contributed by atoms with E-state index in [1.54, 1.807) is 0 Å². The molecule has 1 saturated carbocycles. The second-order valence-corrected chi connectivity index (χ2v) is 11.6. The van der Waals surface area contributed by atoms with Crippen LogP contribution in [0.15, 0.2) is 126 Å². The lowest BCUT2D eigenvalue weighted by Crippen LogP contribution is -2.50. The number of fused-ring (bicyclic) bond motifs is 11. The van der Waals surface area contributed by atoms with Crippen molar-refractivity contribution in [3.05, 3.63) is 127 Å². The smallest absolute Gasteiger partial charge is 0.158 e. The van der Waals surface area contributed by atoms with Gasteiger partial charge >= 0.3 is 0 Å². The van der Waals surface area contributed by atoms with E-state index in [2.05, 4.69) is 121 Å². The van der Waals surface area contributed by atoms with Gasteiger partial charge in [-0.3, -0.25) is 0 Å². The Bertz CT molecular complexity index is 2040. The molecule has 2 aromatic heterocycles. The van der Waals surface area contributed by atoms with E-state index in [0.717, 1.165) is 44.7 Å². The van der Waals surface area contributed by atoms with E-state index >= 15 is 0 Å². The van der Waals surface area contributed by atoms with Gasteiger partial charge in [-0.05, 0) is 47.5 Å². The summed E-state index contributed by atoms with van der Waals surface area (Å²) < 4.78 is 6.38. The maximum absolute atomic E-state index is 6.38. The van der Waals surface area contributed by atoms with Crippen LogP contribution in [0.25, 0.3) is 33.1 Å². The third-order valence-corrected chi connectivity index (χ3v) is 10.0. The summed E-state index contributed by atoms with van der Waals surface area (Å²) in [4.78, 5) is 9.97. The number of nitrogens with zero attached hydrogens (tertiary/aromatic N) is 3. The van der Waals surface area contributed by atoms with Crippen LogP contribution < -0.4 is 9.80 Å². The molecule has 1 fully saturated rings. The minimum Gasteiger partial charge on any atom is -0.456 e. The number of hydrogen-bond acceptors (Lipinski definition) is 4. The SMILES string of the molecule is C=C1C2(C)c3ccccc3N3c4ncccc4N(c4ccc5oc6ccccc6c5c4-c4ccccc4)C3C12C. The third-order valence-electron chi connectivity index (χ3n) is 10.0. The number of para-hydroxylation sites is 2. The molecule has 9 rings (SSSR count). The van der Waals surface area contributed by atoms with E-state index in [1.165, 1.54) is 22.4 Å². The molecule has 1 aliphatic carbocycles. The zero-order valence-corrected chi connectivity index (χ0v) is 22.4. The first-order valence-corrected chi connectivity index (χ1v) is 13.9. The van der Waals surface area contributed by atoms with E-state index in [0.29, 0.717) is 0 Å². The normalized spacial score (nSPS) is 24.1. The van der Waals surface area contributed by atoms with Gasteiger partial charge in [-0.1, -0.05) is 92.7 Å². The summed E-state index contributed by atoms with van der Waals surface area (Å²) in [6.07, 6.45) is 1.90. The van der Waals surface area contributed by atoms with E-state index < -0.39 is 0 Å². The molecule has 0 saturated heterocycles. The molecule has 0 amide bonds. The Balaban J connectivity index is 1.41. The molecule has 4 aromatic carbocycles. The zero-order valence-electron chi connectivity index (χ0n) is 22.4. The van der Waals surface area contributed by atoms with Crippen LogP contribution in [0.1, 0.15) is 19.4 Å². The van der Waals surface area contributed by atoms with Crippen molar-refractivity contribution in [2.45, 2.75) is 25.4 Å². The van der Waals surface area contributed by atoms with Crippen molar-refractivity contribution in [2.24, 2.45) is 5.41 Å². The summed E-state index contributed by atoms with van der Waals surface area (Å²) in [6.45, 7) is 9.43. The summed E-state index contributed by atoms with van der Waals surface area (Å²) in [5.41, 5.74) is 9.91. The number of rotatable bonds is 2. The van der Waals surface area contributed by atoms with Gasteiger partial charge in [0.2, 0.25) is 0 Å². The first-order chi connectivity index (χ1) is 19.5. The summed E-state index contributed by atoms with van der Waals surface area (Å²) in [7, 11) is 0. The second-order valence-electron chi connectivity index (χ2n) is 11.6. The molecule has 40 heavy (non-hydrogen) atoms. The Morgan fingerprint density at radius 2 is 1.48 bits per heavy atom. The Labute approximate surface area is 232 Å². The predicted octanol–water partition coefficient (Wildman–Crippen LogP) is 9.11. The molecule has 4 heteroatoms. The number of pyridine rings is 1. The standard InChI is InChI=1S/C36H27N3O/c1-22-35(2)25-15-8-9-16-26(25)39-33-28(17-11-21-37-33)38(34(39)36(22,35)3)27-19-20-30-32(24-14-7-10-18-29(24)40-30)31(27)23-12-5-4-6-13-23/h4-21,34H,1H2,2-3H3. The highest BCUT2D eigenvalue weighted by Crippen LogP contribution is 2.77. The number of furan rings is 1. The van der Waals surface area contributed by atoms with Crippen molar-refractivity contribution in [3.8, 4) is 11.1 Å². The average Bonchev–Trinajstić information content (AvgIpc) is 3.32. The first-order valence-electron chi connectivity index (χ1n) is 13.9. The molecule has 0 bridgehead atoms. The Morgan fingerprint density at radius 1 is 0.725 bits per heavy atom. The van der Waals surface area contributed by atoms with Crippen molar-refractivity contribution >= 4 is 44.8 Å². The minimum absolute atomic E-state index is 0.0112. The van der Waals surface area contributed by atoms with Gasteiger partial charge in [-0.25, -0.2) is 4.98 Å². The average molecular weight is 518 g/mol. The molecule has 3 unspecified atom stereocenters. The van der Waals surface area contributed by atoms with Crippen molar-refractivity contribution in [2.75, 3.05) is 9.80 Å². The van der Waals surface area contributed by atoms with E-state index in [1.807, 2.05) is 18.3 Å². The van der Waals surface area contributed by atoms with Crippen molar-refractivity contribution in [1.82, 2.24) is 4.98 Å². The van der Waals surface area contributed by atoms with Gasteiger partial charge in [0.1, 0.15) is 17.3 Å². The highest BCUT2D eigenvalue weighted by Gasteiger charge is 2.76. The lowest BCUT2D eigenvalue weighted by atomic mass is 9.81. The van der Waals surface area contributed by atoms with Crippen LogP contribution >= 0.6 is 0 Å². The number of anilines is 4. The van der Waals surface area contributed by atoms with Crippen LogP contribution in [0, 0.1) is 5.41 Å². The molecular weight excluding hydrogens is 490 g/mol. The topological polar surface area (TPSA) is 32.5 Å². The van der Waals surface area contributed by atoms with E-state index in [4.69, 9.17) is 9.40 Å². The third kappa shape index (κ3) is 2.38. The van der Waals surface area contributed by atoms with Gasteiger partial charge in [0.15, 0.2) is 5.82 Å². The molecule has 0 N–H and O–H groups in total. The highest BCUT2D eigenvalue weighted by molar-refractivity contribution is 6.16. The summed E-state index contributed by atoms with van der Waals surface area (Å²) in [6, 6.07) is 36.5. The monoisotopic (exact) mass is 517 g/mol. The number of hydrogen-bond donors (Lipinski definition) is 0. The maximum atomic E-state index is 6.38. The molecule has 3 atom stereocenters. The lowest BCUT2D eigenvalue weighted by Gasteiger charge is -2.44. The van der Waals surface area contributed by atoms with Gasteiger partial charge in [0, 0.05) is 39.1 Å².